The molecule has 0 fully saturated rings. The molecule has 2 heteroatoms. The molecule has 0 aliphatic rings. The highest BCUT2D eigenvalue weighted by molar-refractivity contribution is 5.81. The molecule has 0 heterocycles. The average molecular weight is 99.1 g/mol. The molecule has 7 heavy (non-hydrogen) atoms. The van der Waals surface area contributed by atoms with E-state index < -0.39 is 5.91 Å². The molecule has 0 aromatic carbocycles. The van der Waals surface area contributed by atoms with Gasteiger partial charge in [-0.3, -0.25) is 10.5 Å². The van der Waals surface area contributed by atoms with Crippen LogP contribution in [0.15, 0.2) is 0 Å². The number of hydrogen-bond donors (Lipinski definition) is 0. The van der Waals surface area contributed by atoms with Crippen LogP contribution in [0.4, 0.5) is 0 Å². The summed E-state index contributed by atoms with van der Waals surface area (Å²) < 4.78 is 0. The highest BCUT2D eigenvalue weighted by Gasteiger charge is 1.90. The van der Waals surface area contributed by atoms with E-state index in [2.05, 4.69) is 0 Å². The molecule has 0 unspecified atom stereocenters. The van der Waals surface area contributed by atoms with E-state index in [4.69, 9.17) is 5.73 Å². The Kier molecular flexibility index (Phi) is 3.38. The zero-order chi connectivity index (χ0) is 5.70. The predicted octanol–water partition coefficient (Wildman–Crippen LogP) is 0.800. The van der Waals surface area contributed by atoms with E-state index in [0.717, 1.165) is 12.8 Å². The normalized spacial score (nSPS) is 8.71. The standard InChI is InChI=1S/C5H9NO/c1-2-3-4-5(6)7/h4,6H,2-3H2,1H3. The van der Waals surface area contributed by atoms with Crippen molar-refractivity contribution < 1.29 is 4.79 Å². The van der Waals surface area contributed by atoms with Crippen LogP contribution in [0.25, 0.3) is 0 Å². The molecule has 0 bridgehead atoms. The van der Waals surface area contributed by atoms with Crippen LogP contribution >= 0.6 is 0 Å². The maximum atomic E-state index is 9.81. The smallest absolute Gasteiger partial charge is 0.242 e. The Morgan fingerprint density at radius 2 is 2.43 bits per heavy atom. The first-order chi connectivity index (χ1) is 3.27. The molecule has 0 spiro atoms. The van der Waals surface area contributed by atoms with Crippen molar-refractivity contribution in [2.24, 2.45) is 0 Å². The Bertz CT molecular complexity index is 61.1. The minimum atomic E-state index is -0.568. The van der Waals surface area contributed by atoms with Gasteiger partial charge in [0.2, 0.25) is 5.91 Å². The van der Waals surface area contributed by atoms with Crippen molar-refractivity contribution in [3.63, 3.8) is 0 Å². The average Bonchev–Trinajstić information content (AvgIpc) is 1.61. The molecule has 0 saturated carbocycles. The summed E-state index contributed by atoms with van der Waals surface area (Å²) in [6.07, 6.45) is 3.06. The number of carbonyl (C=O) groups excluding carboxylic acids is 1. The van der Waals surface area contributed by atoms with Crippen molar-refractivity contribution in [3.05, 3.63) is 6.42 Å². The molecule has 2 radical (unpaired) electrons. The van der Waals surface area contributed by atoms with Crippen LogP contribution in [0.5, 0.6) is 0 Å². The molecule has 0 aliphatic carbocycles. The van der Waals surface area contributed by atoms with Crippen molar-refractivity contribution in [1.29, 1.82) is 0 Å². The number of rotatable bonds is 3. The monoisotopic (exact) mass is 99.1 g/mol. The predicted molar refractivity (Wildman–Crippen MR) is 27.3 cm³/mol. The van der Waals surface area contributed by atoms with Gasteiger partial charge in [0, 0.05) is 0 Å². The first-order valence-corrected chi connectivity index (χ1v) is 2.36. The highest BCUT2D eigenvalue weighted by atomic mass is 16.1. The second kappa shape index (κ2) is 3.65. The lowest BCUT2D eigenvalue weighted by Crippen LogP contribution is -1.96. The summed E-state index contributed by atoms with van der Waals surface area (Å²) in [5, 5.41) is 0. The highest BCUT2D eigenvalue weighted by Crippen LogP contribution is 1.89. The van der Waals surface area contributed by atoms with Crippen molar-refractivity contribution >= 4 is 5.91 Å². The molecule has 0 aliphatic heterocycles. The van der Waals surface area contributed by atoms with Crippen molar-refractivity contribution in [1.82, 2.24) is 5.73 Å². The largest absolute Gasteiger partial charge is 0.273 e. The van der Waals surface area contributed by atoms with E-state index in [1.54, 1.807) is 0 Å². The molecule has 1 amide bonds. The molecular formula is C5H9NO. The van der Waals surface area contributed by atoms with E-state index in [-0.39, 0.29) is 0 Å². The summed E-state index contributed by atoms with van der Waals surface area (Å²) in [6, 6.07) is 0. The summed E-state index contributed by atoms with van der Waals surface area (Å²) in [6.45, 7) is 1.97. The molecule has 0 aromatic rings. The van der Waals surface area contributed by atoms with Crippen molar-refractivity contribution in [3.8, 4) is 0 Å². The lowest BCUT2D eigenvalue weighted by atomic mass is 10.2. The molecule has 0 rings (SSSR count). The van der Waals surface area contributed by atoms with Crippen molar-refractivity contribution in [2.45, 2.75) is 19.8 Å². The van der Waals surface area contributed by atoms with Gasteiger partial charge in [-0.2, -0.15) is 0 Å². The van der Waals surface area contributed by atoms with Gasteiger partial charge in [-0.1, -0.05) is 13.3 Å². The Labute approximate surface area is 43.7 Å². The van der Waals surface area contributed by atoms with Crippen LogP contribution < -0.4 is 5.73 Å². The van der Waals surface area contributed by atoms with Gasteiger partial charge < -0.3 is 0 Å². The van der Waals surface area contributed by atoms with Crippen LogP contribution in [0.1, 0.15) is 19.8 Å². The second-order valence-corrected chi connectivity index (χ2v) is 1.36. The van der Waals surface area contributed by atoms with Gasteiger partial charge in [-0.15, -0.1) is 0 Å². The summed E-state index contributed by atoms with van der Waals surface area (Å²) >= 11 is 0. The summed E-state index contributed by atoms with van der Waals surface area (Å²) in [7, 11) is 0. The molecule has 0 saturated heterocycles. The second-order valence-electron chi connectivity index (χ2n) is 1.36. The molecule has 0 atom stereocenters. The summed E-state index contributed by atoms with van der Waals surface area (Å²) in [5.41, 5.74) is 6.39. The Morgan fingerprint density at radius 1 is 1.86 bits per heavy atom. The Balaban J connectivity index is 2.82. The van der Waals surface area contributed by atoms with Gasteiger partial charge in [0.05, 0.1) is 6.42 Å². The van der Waals surface area contributed by atoms with Crippen molar-refractivity contribution in [2.75, 3.05) is 0 Å². The molecule has 40 valence electrons. The third-order valence-corrected chi connectivity index (χ3v) is 0.618. The van der Waals surface area contributed by atoms with Crippen LogP contribution in [-0.4, -0.2) is 5.91 Å². The van der Waals surface area contributed by atoms with E-state index >= 15 is 0 Å². The van der Waals surface area contributed by atoms with Gasteiger partial charge in [0.25, 0.3) is 0 Å². The van der Waals surface area contributed by atoms with E-state index in [1.165, 1.54) is 6.42 Å². The molecule has 0 aromatic heterocycles. The van der Waals surface area contributed by atoms with E-state index in [1.807, 2.05) is 6.92 Å². The van der Waals surface area contributed by atoms with Crippen LogP contribution in [-0.2, 0) is 4.79 Å². The number of amides is 1. The quantitative estimate of drug-likeness (QED) is 0.516. The summed E-state index contributed by atoms with van der Waals surface area (Å²) in [4.78, 5) is 9.81. The van der Waals surface area contributed by atoms with Gasteiger partial charge in [-0.05, 0) is 6.42 Å². The number of carbonyl (C=O) groups is 1. The SMILES string of the molecule is CCC[CH]C([NH])=O. The number of hydrogen-bond acceptors (Lipinski definition) is 1. The fraction of sp³-hybridized carbons (Fsp3) is 0.600. The van der Waals surface area contributed by atoms with Crippen LogP contribution in [0.3, 0.4) is 0 Å². The van der Waals surface area contributed by atoms with Gasteiger partial charge >= 0.3 is 0 Å². The van der Waals surface area contributed by atoms with Crippen LogP contribution in [0, 0.1) is 6.42 Å². The topological polar surface area (TPSA) is 40.9 Å². The lowest BCUT2D eigenvalue weighted by molar-refractivity contribution is -0.115. The fourth-order valence-corrected chi connectivity index (χ4v) is 0.275. The third-order valence-electron chi connectivity index (χ3n) is 0.618. The van der Waals surface area contributed by atoms with Gasteiger partial charge in [0.15, 0.2) is 0 Å². The zero-order valence-electron chi connectivity index (χ0n) is 4.40. The molecule has 1 N–H and O–H groups in total. The Morgan fingerprint density at radius 3 is 2.57 bits per heavy atom. The lowest BCUT2D eigenvalue weighted by Gasteiger charge is -1.84. The van der Waals surface area contributed by atoms with Gasteiger partial charge in [0.1, 0.15) is 0 Å². The number of unbranched alkanes of at least 4 members (excludes halogenated alkanes) is 1. The fourth-order valence-electron chi connectivity index (χ4n) is 0.275. The minimum absolute atomic E-state index is 0.568. The van der Waals surface area contributed by atoms with Crippen LogP contribution in [0.2, 0.25) is 0 Å². The maximum absolute atomic E-state index is 9.81. The molecule has 2 nitrogen and oxygen atoms in total. The zero-order valence-corrected chi connectivity index (χ0v) is 4.40. The number of nitrogens with one attached hydrogen (secondary N) is 1. The first kappa shape index (κ1) is 6.47. The molecular weight excluding hydrogens is 90.1 g/mol. The van der Waals surface area contributed by atoms with E-state index in [0.29, 0.717) is 0 Å². The first-order valence-electron chi connectivity index (χ1n) is 2.36. The van der Waals surface area contributed by atoms with Gasteiger partial charge in [-0.25, -0.2) is 0 Å². The van der Waals surface area contributed by atoms with E-state index in [9.17, 15) is 4.79 Å². The third kappa shape index (κ3) is 5.47. The maximum Gasteiger partial charge on any atom is 0.242 e. The summed E-state index contributed by atoms with van der Waals surface area (Å²) in [5.74, 6) is -0.568. The minimum Gasteiger partial charge on any atom is -0.273 e. The Hall–Kier alpha value is -0.530.